The predicted molar refractivity (Wildman–Crippen MR) is 103 cm³/mol. The van der Waals surface area contributed by atoms with Gasteiger partial charge in [-0.1, -0.05) is 13.3 Å². The first-order valence-corrected chi connectivity index (χ1v) is 10.1. The average molecular weight is 377 g/mol. The van der Waals surface area contributed by atoms with Crippen LogP contribution in [0.1, 0.15) is 38.3 Å². The number of unbranched alkanes of at least 4 members (excludes halogenated alkanes) is 1. The minimum Gasteiger partial charge on any atom is -0.378 e. The van der Waals surface area contributed by atoms with E-state index in [2.05, 4.69) is 17.3 Å². The first-order chi connectivity index (χ1) is 13.1. The van der Waals surface area contributed by atoms with Gasteiger partial charge in [0, 0.05) is 38.8 Å². The van der Waals surface area contributed by atoms with Gasteiger partial charge in [-0.3, -0.25) is 10.1 Å². The van der Waals surface area contributed by atoms with Gasteiger partial charge >= 0.3 is 6.03 Å². The number of urea groups is 1. The number of rotatable bonds is 5. The highest BCUT2D eigenvalue weighted by Crippen LogP contribution is 2.21. The molecule has 1 aromatic heterocycles. The van der Waals surface area contributed by atoms with Crippen molar-refractivity contribution in [2.45, 2.75) is 46.1 Å². The summed E-state index contributed by atoms with van der Waals surface area (Å²) >= 11 is 0. The summed E-state index contributed by atoms with van der Waals surface area (Å²) in [6.45, 7) is 8.51. The fourth-order valence-corrected chi connectivity index (χ4v) is 3.72. The van der Waals surface area contributed by atoms with Crippen molar-refractivity contribution in [3.63, 3.8) is 0 Å². The minimum absolute atomic E-state index is 0.116. The quantitative estimate of drug-likeness (QED) is 0.852. The van der Waals surface area contributed by atoms with Gasteiger partial charge in [-0.25, -0.2) is 9.48 Å². The number of nitrogens with zero attached hydrogens (tertiary/aromatic N) is 4. The standard InChI is InChI=1S/C19H31N5O3/c1-3-4-8-24-17(13-15(2)21-24)20-19(26)23-7-5-6-16(14-23)18(25)22-9-11-27-12-10-22/h13,16H,3-12,14H2,1-2H3,(H,20,26)/t16-/m1/s1. The molecule has 8 heteroatoms. The van der Waals surface area contributed by atoms with Crippen LogP contribution in [0.5, 0.6) is 0 Å². The van der Waals surface area contributed by atoms with Crippen molar-refractivity contribution in [2.75, 3.05) is 44.7 Å². The lowest BCUT2D eigenvalue weighted by Gasteiger charge is -2.36. The maximum atomic E-state index is 12.8. The first kappa shape index (κ1) is 19.7. The molecule has 2 aliphatic heterocycles. The van der Waals surface area contributed by atoms with Gasteiger partial charge in [0.15, 0.2) is 0 Å². The lowest BCUT2D eigenvalue weighted by atomic mass is 9.96. The Kier molecular flexibility index (Phi) is 6.71. The van der Waals surface area contributed by atoms with E-state index < -0.39 is 0 Å². The summed E-state index contributed by atoms with van der Waals surface area (Å²) in [6.07, 6.45) is 3.78. The molecule has 0 aromatic carbocycles. The Bertz CT molecular complexity index is 654. The molecule has 8 nitrogen and oxygen atoms in total. The Morgan fingerprint density at radius 1 is 1.26 bits per heavy atom. The van der Waals surface area contributed by atoms with Crippen molar-refractivity contribution in [3.8, 4) is 0 Å². The molecule has 3 rings (SSSR count). The third-order valence-corrected chi connectivity index (χ3v) is 5.24. The second kappa shape index (κ2) is 9.21. The minimum atomic E-state index is -0.146. The van der Waals surface area contributed by atoms with Crippen LogP contribution in [0, 0.1) is 12.8 Å². The van der Waals surface area contributed by atoms with Crippen LogP contribution in [-0.2, 0) is 16.1 Å². The van der Waals surface area contributed by atoms with Crippen LogP contribution in [0.2, 0.25) is 0 Å². The van der Waals surface area contributed by atoms with Crippen molar-refractivity contribution in [3.05, 3.63) is 11.8 Å². The summed E-state index contributed by atoms with van der Waals surface area (Å²) in [5.41, 5.74) is 0.889. The zero-order valence-electron chi connectivity index (χ0n) is 16.4. The molecule has 0 saturated carbocycles. The second-order valence-electron chi connectivity index (χ2n) is 7.40. The zero-order valence-corrected chi connectivity index (χ0v) is 16.4. The molecular weight excluding hydrogens is 346 g/mol. The molecule has 27 heavy (non-hydrogen) atoms. The molecule has 1 N–H and O–H groups in total. The van der Waals surface area contributed by atoms with Crippen molar-refractivity contribution in [2.24, 2.45) is 5.92 Å². The molecule has 1 aromatic rings. The fourth-order valence-electron chi connectivity index (χ4n) is 3.72. The molecule has 0 spiro atoms. The number of aryl methyl sites for hydroxylation is 2. The van der Waals surface area contributed by atoms with E-state index in [1.807, 2.05) is 22.6 Å². The molecule has 3 heterocycles. The number of likely N-dealkylation sites (tertiary alicyclic amines) is 1. The molecule has 0 radical (unpaired) electrons. The van der Waals surface area contributed by atoms with E-state index in [1.54, 1.807) is 4.90 Å². The Balaban J connectivity index is 1.59. The summed E-state index contributed by atoms with van der Waals surface area (Å²) < 4.78 is 7.19. The number of hydrogen-bond donors (Lipinski definition) is 1. The van der Waals surface area contributed by atoms with Crippen molar-refractivity contribution >= 4 is 17.8 Å². The van der Waals surface area contributed by atoms with Crippen LogP contribution < -0.4 is 5.32 Å². The summed E-state index contributed by atoms with van der Waals surface area (Å²) in [5.74, 6) is 0.765. The fraction of sp³-hybridized carbons (Fsp3) is 0.737. The molecule has 0 bridgehead atoms. The van der Waals surface area contributed by atoms with Crippen molar-refractivity contribution in [1.82, 2.24) is 19.6 Å². The van der Waals surface area contributed by atoms with Gasteiger partial charge < -0.3 is 14.5 Å². The Morgan fingerprint density at radius 2 is 2.04 bits per heavy atom. The number of aromatic nitrogens is 2. The highest BCUT2D eigenvalue weighted by Gasteiger charge is 2.32. The number of nitrogens with one attached hydrogen (secondary N) is 1. The molecule has 2 saturated heterocycles. The predicted octanol–water partition coefficient (Wildman–Crippen LogP) is 2.09. The number of ether oxygens (including phenoxy) is 1. The maximum Gasteiger partial charge on any atom is 0.323 e. The molecule has 0 aliphatic carbocycles. The van der Waals surface area contributed by atoms with Crippen molar-refractivity contribution in [1.29, 1.82) is 0 Å². The Hall–Kier alpha value is -2.09. The molecule has 2 aliphatic rings. The maximum absolute atomic E-state index is 12.8. The summed E-state index contributed by atoms with van der Waals surface area (Å²) in [5, 5.41) is 7.45. The molecule has 150 valence electrons. The van der Waals surface area contributed by atoms with Gasteiger partial charge in [0.25, 0.3) is 0 Å². The topological polar surface area (TPSA) is 79.7 Å². The molecule has 0 unspecified atom stereocenters. The van der Waals surface area contributed by atoms with Gasteiger partial charge in [0.1, 0.15) is 5.82 Å². The zero-order chi connectivity index (χ0) is 19.2. The highest BCUT2D eigenvalue weighted by atomic mass is 16.5. The largest absolute Gasteiger partial charge is 0.378 e. The van der Waals surface area contributed by atoms with Gasteiger partial charge in [0.05, 0.1) is 24.8 Å². The Labute approximate surface area is 160 Å². The Morgan fingerprint density at radius 3 is 2.78 bits per heavy atom. The normalized spacial score (nSPS) is 20.6. The van der Waals surface area contributed by atoms with E-state index >= 15 is 0 Å². The van der Waals surface area contributed by atoms with E-state index in [0.29, 0.717) is 39.4 Å². The smallest absolute Gasteiger partial charge is 0.323 e. The van der Waals surface area contributed by atoms with Crippen LogP contribution in [0.4, 0.5) is 10.6 Å². The third kappa shape index (κ3) is 5.00. The summed E-state index contributed by atoms with van der Waals surface area (Å²) in [7, 11) is 0. The number of anilines is 1. The number of morpholine rings is 1. The van der Waals surface area contributed by atoms with E-state index in [-0.39, 0.29) is 17.9 Å². The number of carbonyl (C=O) groups is 2. The van der Waals surface area contributed by atoms with Crippen LogP contribution in [0.25, 0.3) is 0 Å². The molecular formula is C19H31N5O3. The number of piperidine rings is 1. The van der Waals surface area contributed by atoms with Gasteiger partial charge in [-0.05, 0) is 26.2 Å². The number of hydrogen-bond acceptors (Lipinski definition) is 4. The van der Waals surface area contributed by atoms with Crippen LogP contribution in [0.3, 0.4) is 0 Å². The average Bonchev–Trinajstić information content (AvgIpc) is 3.05. The lowest BCUT2D eigenvalue weighted by molar-refractivity contribution is -0.141. The van der Waals surface area contributed by atoms with Gasteiger partial charge in [-0.2, -0.15) is 5.10 Å². The monoisotopic (exact) mass is 377 g/mol. The van der Waals surface area contributed by atoms with Crippen LogP contribution in [-0.4, -0.2) is 70.9 Å². The molecule has 1 atom stereocenters. The van der Waals surface area contributed by atoms with Crippen LogP contribution in [0.15, 0.2) is 6.07 Å². The van der Waals surface area contributed by atoms with E-state index in [9.17, 15) is 9.59 Å². The third-order valence-electron chi connectivity index (χ3n) is 5.24. The second-order valence-corrected chi connectivity index (χ2v) is 7.40. The van der Waals surface area contributed by atoms with E-state index in [1.165, 1.54) is 0 Å². The lowest BCUT2D eigenvalue weighted by Crippen LogP contribution is -2.50. The number of amides is 3. The molecule has 2 fully saturated rings. The van der Waals surface area contributed by atoms with E-state index in [4.69, 9.17) is 4.74 Å². The van der Waals surface area contributed by atoms with Gasteiger partial charge in [-0.15, -0.1) is 0 Å². The summed E-state index contributed by atoms with van der Waals surface area (Å²) in [4.78, 5) is 29.2. The SMILES string of the molecule is CCCCn1nc(C)cc1NC(=O)N1CCC[C@@H](C(=O)N2CCOCC2)C1. The first-order valence-electron chi connectivity index (χ1n) is 10.1. The van der Waals surface area contributed by atoms with Gasteiger partial charge in [0.2, 0.25) is 5.91 Å². The van der Waals surface area contributed by atoms with E-state index in [0.717, 1.165) is 43.7 Å². The van der Waals surface area contributed by atoms with Crippen LogP contribution >= 0.6 is 0 Å². The highest BCUT2D eigenvalue weighted by molar-refractivity contribution is 5.89. The van der Waals surface area contributed by atoms with Crippen molar-refractivity contribution < 1.29 is 14.3 Å². The number of carbonyl (C=O) groups excluding carboxylic acids is 2. The summed E-state index contributed by atoms with van der Waals surface area (Å²) in [6, 6.07) is 1.75. The molecule has 3 amide bonds.